The Bertz CT molecular complexity index is 958. The molecule has 0 spiro atoms. The van der Waals surface area contributed by atoms with E-state index in [1.165, 1.54) is 0 Å². The van der Waals surface area contributed by atoms with E-state index in [0.717, 1.165) is 30.2 Å². The second kappa shape index (κ2) is 12.2. The summed E-state index contributed by atoms with van der Waals surface area (Å²) in [6.07, 6.45) is 2.66. The predicted molar refractivity (Wildman–Crippen MR) is 134 cm³/mol. The van der Waals surface area contributed by atoms with Crippen molar-refractivity contribution in [2.45, 2.75) is 58.3 Å². The normalized spacial score (nSPS) is 18.6. The first-order chi connectivity index (χ1) is 16.7. The second-order valence-corrected chi connectivity index (χ2v) is 13.6. The van der Waals surface area contributed by atoms with E-state index in [9.17, 15) is 14.4 Å². The Morgan fingerprint density at radius 1 is 1.20 bits per heavy atom. The molecule has 1 aromatic carbocycles. The van der Waals surface area contributed by atoms with Crippen LogP contribution in [0.4, 0.5) is 4.79 Å². The molecule has 3 amide bonds. The van der Waals surface area contributed by atoms with E-state index < -0.39 is 26.4 Å². The molecule has 0 saturated carbocycles. The van der Waals surface area contributed by atoms with Crippen molar-refractivity contribution < 1.29 is 28.3 Å². The van der Waals surface area contributed by atoms with Crippen LogP contribution in [-0.4, -0.2) is 64.0 Å². The maximum Gasteiger partial charge on any atom is 0.338 e. The number of nitrogens with one attached hydrogen (secondary N) is 2. The van der Waals surface area contributed by atoms with Gasteiger partial charge in [-0.25, -0.2) is 9.59 Å². The summed E-state index contributed by atoms with van der Waals surface area (Å²) in [5.41, 5.74) is 1.49. The Hall–Kier alpha value is -2.85. The largest absolute Gasteiger partial charge is 0.544 e. The summed E-state index contributed by atoms with van der Waals surface area (Å²) in [5.74, 6) is -0.180. The minimum atomic E-state index is -1.91. The molecule has 1 saturated heterocycles. The zero-order valence-electron chi connectivity index (χ0n) is 21.1. The summed E-state index contributed by atoms with van der Waals surface area (Å²) in [6, 6.07) is 7.42. The molecule has 10 heteroatoms. The third kappa shape index (κ3) is 7.31. The number of allylic oxidation sites excluding steroid dienone is 1. The van der Waals surface area contributed by atoms with Gasteiger partial charge in [0.1, 0.15) is 5.75 Å². The average molecular weight is 504 g/mol. The van der Waals surface area contributed by atoms with Crippen LogP contribution in [0.25, 0.3) is 0 Å². The molecule has 2 aliphatic rings. The Morgan fingerprint density at radius 2 is 1.94 bits per heavy atom. The van der Waals surface area contributed by atoms with Gasteiger partial charge in [0.25, 0.3) is 5.91 Å². The lowest BCUT2D eigenvalue weighted by Gasteiger charge is -2.30. The van der Waals surface area contributed by atoms with Gasteiger partial charge in [-0.15, -0.1) is 0 Å². The zero-order chi connectivity index (χ0) is 25.4. The standard InChI is InChI=1S/C25H37N3O6Si/c1-5-7-15-35(3,4)34-19-10-8-9-18(16-19)23-22(20(6-2)26-25(31)27-23)24(30)33-17-21(29)28-11-13-32-14-12-28/h8-10,16,23H,5-7,11-15,17H2,1-4H3,(H2,26,27,31). The lowest BCUT2D eigenvalue weighted by atomic mass is 9.94. The number of carbonyl (C=O) groups is 3. The summed E-state index contributed by atoms with van der Waals surface area (Å²) in [4.78, 5) is 39.7. The molecule has 0 aromatic heterocycles. The Morgan fingerprint density at radius 3 is 2.63 bits per heavy atom. The van der Waals surface area contributed by atoms with E-state index in [-0.39, 0.29) is 12.5 Å². The van der Waals surface area contributed by atoms with Crippen LogP contribution in [0.15, 0.2) is 35.5 Å². The van der Waals surface area contributed by atoms with Crippen molar-refractivity contribution in [3.05, 3.63) is 41.1 Å². The number of benzene rings is 1. The first-order valence-corrected chi connectivity index (χ1v) is 15.5. The molecule has 3 rings (SSSR count). The fourth-order valence-corrected chi connectivity index (χ4v) is 6.30. The van der Waals surface area contributed by atoms with Gasteiger partial charge < -0.3 is 29.4 Å². The summed E-state index contributed by atoms with van der Waals surface area (Å²) < 4.78 is 17.1. The van der Waals surface area contributed by atoms with Crippen molar-refractivity contribution in [2.24, 2.45) is 0 Å². The highest BCUT2D eigenvalue weighted by atomic mass is 28.4. The number of hydrogen-bond acceptors (Lipinski definition) is 6. The van der Waals surface area contributed by atoms with Crippen molar-refractivity contribution in [1.82, 2.24) is 15.5 Å². The van der Waals surface area contributed by atoms with Crippen LogP contribution in [0.2, 0.25) is 19.1 Å². The lowest BCUT2D eigenvalue weighted by Crippen LogP contribution is -2.46. The summed E-state index contributed by atoms with van der Waals surface area (Å²) in [7, 11) is -1.91. The highest BCUT2D eigenvalue weighted by molar-refractivity contribution is 6.71. The van der Waals surface area contributed by atoms with Gasteiger partial charge in [0, 0.05) is 18.8 Å². The number of nitrogens with zero attached hydrogens (tertiary/aromatic N) is 1. The molecular formula is C25H37N3O6Si. The number of carbonyl (C=O) groups excluding carboxylic acids is 3. The highest BCUT2D eigenvalue weighted by Crippen LogP contribution is 2.31. The van der Waals surface area contributed by atoms with Gasteiger partial charge in [-0.2, -0.15) is 0 Å². The average Bonchev–Trinajstić information content (AvgIpc) is 2.85. The number of ether oxygens (including phenoxy) is 2. The molecule has 1 fully saturated rings. The molecule has 2 aliphatic heterocycles. The van der Waals surface area contributed by atoms with Gasteiger partial charge in [-0.3, -0.25) is 4.79 Å². The van der Waals surface area contributed by atoms with E-state index >= 15 is 0 Å². The van der Waals surface area contributed by atoms with Crippen molar-refractivity contribution in [1.29, 1.82) is 0 Å². The van der Waals surface area contributed by atoms with E-state index in [4.69, 9.17) is 13.9 Å². The van der Waals surface area contributed by atoms with Crippen LogP contribution in [0, 0.1) is 0 Å². The Labute approximate surface area is 208 Å². The molecule has 0 bridgehead atoms. The number of hydrogen-bond donors (Lipinski definition) is 2. The molecule has 0 radical (unpaired) electrons. The van der Waals surface area contributed by atoms with Crippen LogP contribution in [-0.2, 0) is 19.1 Å². The Kier molecular flexibility index (Phi) is 9.33. The fourth-order valence-electron chi connectivity index (χ4n) is 4.23. The minimum absolute atomic E-state index is 0.265. The van der Waals surface area contributed by atoms with Crippen LogP contribution < -0.4 is 15.1 Å². The summed E-state index contributed by atoms with van der Waals surface area (Å²) >= 11 is 0. The Balaban J connectivity index is 1.80. The minimum Gasteiger partial charge on any atom is -0.544 e. The number of morpholine rings is 1. The molecule has 1 unspecified atom stereocenters. The third-order valence-corrected chi connectivity index (χ3v) is 8.48. The SMILES string of the molecule is CCCC[Si](C)(C)Oc1cccc(C2NC(=O)NC(CC)=C2C(=O)OCC(=O)N2CCOCC2)c1. The molecule has 9 nitrogen and oxygen atoms in total. The van der Waals surface area contributed by atoms with Gasteiger partial charge in [0.15, 0.2) is 6.61 Å². The molecule has 1 aromatic rings. The number of esters is 1. The highest BCUT2D eigenvalue weighted by Gasteiger charge is 2.34. The predicted octanol–water partition coefficient (Wildman–Crippen LogP) is 3.49. The number of amides is 3. The van der Waals surface area contributed by atoms with Gasteiger partial charge in [0.2, 0.25) is 8.32 Å². The first kappa shape index (κ1) is 26.7. The van der Waals surface area contributed by atoms with Crippen molar-refractivity contribution >= 4 is 26.2 Å². The van der Waals surface area contributed by atoms with Gasteiger partial charge >= 0.3 is 12.0 Å². The van der Waals surface area contributed by atoms with Crippen molar-refractivity contribution in [2.75, 3.05) is 32.9 Å². The summed E-state index contributed by atoms with van der Waals surface area (Å²) in [5, 5.41) is 5.55. The van der Waals surface area contributed by atoms with E-state index in [2.05, 4.69) is 30.7 Å². The van der Waals surface area contributed by atoms with E-state index in [1.54, 1.807) is 4.90 Å². The zero-order valence-corrected chi connectivity index (χ0v) is 22.1. The van der Waals surface area contributed by atoms with Gasteiger partial charge in [-0.1, -0.05) is 38.8 Å². The van der Waals surface area contributed by atoms with Crippen LogP contribution in [0.3, 0.4) is 0 Å². The number of unbranched alkanes of at least 4 members (excludes halogenated alkanes) is 1. The van der Waals surface area contributed by atoms with Crippen LogP contribution >= 0.6 is 0 Å². The number of urea groups is 1. The van der Waals surface area contributed by atoms with Crippen LogP contribution in [0.1, 0.15) is 44.7 Å². The maximum atomic E-state index is 13.2. The van der Waals surface area contributed by atoms with Crippen molar-refractivity contribution in [3.63, 3.8) is 0 Å². The molecular weight excluding hydrogens is 466 g/mol. The van der Waals surface area contributed by atoms with Crippen molar-refractivity contribution in [3.8, 4) is 5.75 Å². The monoisotopic (exact) mass is 503 g/mol. The van der Waals surface area contributed by atoms with E-state index in [1.807, 2.05) is 31.2 Å². The quantitative estimate of drug-likeness (QED) is 0.374. The smallest absolute Gasteiger partial charge is 0.338 e. The fraction of sp³-hybridized carbons (Fsp3) is 0.560. The molecule has 2 N–H and O–H groups in total. The van der Waals surface area contributed by atoms with Crippen LogP contribution in [0.5, 0.6) is 5.75 Å². The first-order valence-electron chi connectivity index (χ1n) is 12.4. The topological polar surface area (TPSA) is 106 Å². The summed E-state index contributed by atoms with van der Waals surface area (Å²) in [6.45, 7) is 9.92. The number of rotatable bonds is 10. The van der Waals surface area contributed by atoms with Gasteiger partial charge in [-0.05, 0) is 43.3 Å². The van der Waals surface area contributed by atoms with Gasteiger partial charge in [0.05, 0.1) is 24.8 Å². The molecule has 0 aliphatic carbocycles. The maximum absolute atomic E-state index is 13.2. The molecule has 2 heterocycles. The lowest BCUT2D eigenvalue weighted by molar-refractivity contribution is -0.151. The molecule has 35 heavy (non-hydrogen) atoms. The van der Waals surface area contributed by atoms with E-state index in [0.29, 0.717) is 44.0 Å². The molecule has 192 valence electrons. The second-order valence-electron chi connectivity index (χ2n) is 9.38. The molecule has 1 atom stereocenters. The third-order valence-electron chi connectivity index (χ3n) is 6.14.